The molecular weight excluding hydrogens is 205 g/mol. The van der Waals surface area contributed by atoms with Gasteiger partial charge in [0.15, 0.2) is 0 Å². The first-order chi connectivity index (χ1) is 7.03. The molecule has 0 N–H and O–H groups in total. The lowest BCUT2D eigenvalue weighted by atomic mass is 10.1. The van der Waals surface area contributed by atoms with Gasteiger partial charge in [-0.25, -0.2) is 0 Å². The summed E-state index contributed by atoms with van der Waals surface area (Å²) in [5.74, 6) is 0. The molecule has 0 saturated carbocycles. The maximum atomic E-state index is 12.0. The van der Waals surface area contributed by atoms with Crippen LogP contribution in [0.25, 0.3) is 0 Å². The van der Waals surface area contributed by atoms with Crippen molar-refractivity contribution >= 4 is 0 Å². The zero-order valence-corrected chi connectivity index (χ0v) is 8.56. The minimum Gasteiger partial charge on any atom is -0.288 e. The molecule has 1 heterocycles. The lowest BCUT2D eigenvalue weighted by Crippen LogP contribution is -2.36. The topological polar surface area (TPSA) is 27.0 Å². The Morgan fingerprint density at radius 3 is 2.60 bits per heavy atom. The van der Waals surface area contributed by atoms with Gasteiger partial charge in [-0.1, -0.05) is 12.8 Å². The number of alkyl halides is 3. The first-order valence-corrected chi connectivity index (χ1v) is 5.23. The molecule has 0 aromatic heterocycles. The number of rotatable bonds is 2. The average Bonchev–Trinajstić information content (AvgIpc) is 2.37. The second-order valence-corrected chi connectivity index (χ2v) is 3.90. The third-order valence-corrected chi connectivity index (χ3v) is 2.70. The highest BCUT2D eigenvalue weighted by Crippen LogP contribution is 2.22. The lowest BCUT2D eigenvalue weighted by Gasteiger charge is -2.24. The van der Waals surface area contributed by atoms with E-state index >= 15 is 0 Å². The van der Waals surface area contributed by atoms with Crippen molar-refractivity contribution in [1.82, 2.24) is 4.90 Å². The maximum Gasteiger partial charge on any atom is 0.390 e. The Kier molecular flexibility index (Phi) is 4.40. The van der Waals surface area contributed by atoms with Crippen molar-refractivity contribution in [3.8, 4) is 6.07 Å². The zero-order chi connectivity index (χ0) is 11.3. The molecular formula is C10H15F3N2. The van der Waals surface area contributed by atoms with Gasteiger partial charge in [0.05, 0.1) is 18.5 Å². The van der Waals surface area contributed by atoms with E-state index in [9.17, 15) is 13.2 Å². The SMILES string of the molecule is N#CC1CCCCCN1CCC(F)(F)F. The molecule has 0 aliphatic carbocycles. The van der Waals surface area contributed by atoms with Gasteiger partial charge in [0, 0.05) is 6.54 Å². The van der Waals surface area contributed by atoms with Gasteiger partial charge in [-0.3, -0.25) is 4.90 Å². The minimum atomic E-state index is -4.12. The third-order valence-electron chi connectivity index (χ3n) is 2.70. The van der Waals surface area contributed by atoms with E-state index in [1.807, 2.05) is 0 Å². The van der Waals surface area contributed by atoms with Crippen LogP contribution in [0.1, 0.15) is 32.1 Å². The average molecular weight is 220 g/mol. The van der Waals surface area contributed by atoms with Gasteiger partial charge in [-0.05, 0) is 19.4 Å². The van der Waals surface area contributed by atoms with Crippen LogP contribution in [0.4, 0.5) is 13.2 Å². The quantitative estimate of drug-likeness (QED) is 0.715. The summed E-state index contributed by atoms with van der Waals surface area (Å²) in [7, 11) is 0. The molecule has 1 aliphatic rings. The van der Waals surface area contributed by atoms with Gasteiger partial charge in [0.1, 0.15) is 0 Å². The van der Waals surface area contributed by atoms with Gasteiger partial charge in [-0.15, -0.1) is 0 Å². The number of hydrogen-bond acceptors (Lipinski definition) is 2. The van der Waals surface area contributed by atoms with Crippen molar-refractivity contribution in [3.05, 3.63) is 0 Å². The van der Waals surface area contributed by atoms with Gasteiger partial charge in [-0.2, -0.15) is 18.4 Å². The number of likely N-dealkylation sites (tertiary alicyclic amines) is 1. The maximum absolute atomic E-state index is 12.0. The second kappa shape index (κ2) is 5.36. The summed E-state index contributed by atoms with van der Waals surface area (Å²) in [6, 6.07) is 1.76. The number of hydrogen-bond donors (Lipinski definition) is 0. The minimum absolute atomic E-state index is 0.0400. The van der Waals surface area contributed by atoms with Crippen LogP contribution in [-0.2, 0) is 0 Å². The highest BCUT2D eigenvalue weighted by Gasteiger charge is 2.30. The zero-order valence-electron chi connectivity index (χ0n) is 8.56. The fourth-order valence-corrected chi connectivity index (χ4v) is 1.85. The molecule has 1 fully saturated rings. The summed E-state index contributed by atoms with van der Waals surface area (Å²) in [5, 5.41) is 8.84. The van der Waals surface area contributed by atoms with E-state index in [0.29, 0.717) is 13.0 Å². The molecule has 1 saturated heterocycles. The molecule has 2 nitrogen and oxygen atoms in total. The summed E-state index contributed by atoms with van der Waals surface area (Å²) in [5.41, 5.74) is 0. The molecule has 0 amide bonds. The standard InChI is InChI=1S/C10H15F3N2/c11-10(12,13)5-7-15-6-3-1-2-4-9(15)8-14/h9H,1-7H2. The van der Waals surface area contributed by atoms with E-state index in [1.54, 1.807) is 4.90 Å². The van der Waals surface area contributed by atoms with Crippen LogP contribution in [0.2, 0.25) is 0 Å². The van der Waals surface area contributed by atoms with Crippen molar-refractivity contribution in [3.63, 3.8) is 0 Å². The van der Waals surface area contributed by atoms with E-state index in [2.05, 4.69) is 6.07 Å². The van der Waals surface area contributed by atoms with Crippen LogP contribution in [0, 0.1) is 11.3 Å². The smallest absolute Gasteiger partial charge is 0.288 e. The molecule has 1 unspecified atom stereocenters. The molecule has 86 valence electrons. The number of nitrogens with zero attached hydrogens (tertiary/aromatic N) is 2. The van der Waals surface area contributed by atoms with Crippen LogP contribution in [0.3, 0.4) is 0 Å². The Balaban J connectivity index is 2.46. The van der Waals surface area contributed by atoms with Crippen molar-refractivity contribution in [2.24, 2.45) is 0 Å². The fraction of sp³-hybridized carbons (Fsp3) is 0.900. The molecule has 15 heavy (non-hydrogen) atoms. The summed E-state index contributed by atoms with van der Waals surface area (Å²) < 4.78 is 36.1. The highest BCUT2D eigenvalue weighted by molar-refractivity contribution is 4.93. The van der Waals surface area contributed by atoms with Crippen LogP contribution in [0.15, 0.2) is 0 Å². The van der Waals surface area contributed by atoms with E-state index in [1.165, 1.54) is 0 Å². The lowest BCUT2D eigenvalue weighted by molar-refractivity contribution is -0.138. The molecule has 0 aromatic rings. The molecule has 1 atom stereocenters. The Labute approximate surface area is 87.7 Å². The van der Waals surface area contributed by atoms with Crippen molar-refractivity contribution in [2.75, 3.05) is 13.1 Å². The third kappa shape index (κ3) is 4.52. The Hall–Kier alpha value is -0.760. The van der Waals surface area contributed by atoms with Crippen molar-refractivity contribution in [1.29, 1.82) is 5.26 Å². The van der Waals surface area contributed by atoms with E-state index in [0.717, 1.165) is 19.3 Å². The summed E-state index contributed by atoms with van der Waals surface area (Å²) >= 11 is 0. The van der Waals surface area contributed by atoms with Crippen LogP contribution in [-0.4, -0.2) is 30.2 Å². The Morgan fingerprint density at radius 1 is 1.27 bits per heavy atom. The van der Waals surface area contributed by atoms with Crippen LogP contribution < -0.4 is 0 Å². The van der Waals surface area contributed by atoms with Crippen LogP contribution >= 0.6 is 0 Å². The first kappa shape index (κ1) is 12.3. The Morgan fingerprint density at radius 2 is 2.00 bits per heavy atom. The first-order valence-electron chi connectivity index (χ1n) is 5.23. The Bertz CT molecular complexity index is 232. The fourth-order valence-electron chi connectivity index (χ4n) is 1.85. The predicted molar refractivity (Wildman–Crippen MR) is 50.1 cm³/mol. The summed E-state index contributed by atoms with van der Waals surface area (Å²) in [6.45, 7) is 0.579. The monoisotopic (exact) mass is 220 g/mol. The molecule has 0 aromatic carbocycles. The number of nitriles is 1. The molecule has 1 rings (SSSR count). The van der Waals surface area contributed by atoms with Gasteiger partial charge < -0.3 is 0 Å². The largest absolute Gasteiger partial charge is 0.390 e. The van der Waals surface area contributed by atoms with E-state index < -0.39 is 12.6 Å². The molecule has 5 heteroatoms. The van der Waals surface area contributed by atoms with Crippen LogP contribution in [0.5, 0.6) is 0 Å². The molecule has 0 radical (unpaired) electrons. The van der Waals surface area contributed by atoms with Gasteiger partial charge in [0.2, 0.25) is 0 Å². The molecule has 0 spiro atoms. The number of halogens is 3. The molecule has 1 aliphatic heterocycles. The summed E-state index contributed by atoms with van der Waals surface area (Å²) in [4.78, 5) is 1.67. The second-order valence-electron chi connectivity index (χ2n) is 3.90. The molecule has 0 bridgehead atoms. The predicted octanol–water partition coefficient (Wildman–Crippen LogP) is 2.71. The summed E-state index contributed by atoms with van der Waals surface area (Å²) in [6.07, 6.45) is -1.37. The normalized spacial score (nSPS) is 24.5. The van der Waals surface area contributed by atoms with Gasteiger partial charge >= 0.3 is 6.18 Å². The van der Waals surface area contributed by atoms with Crippen molar-refractivity contribution < 1.29 is 13.2 Å². The van der Waals surface area contributed by atoms with E-state index in [4.69, 9.17) is 5.26 Å². The van der Waals surface area contributed by atoms with E-state index in [-0.39, 0.29) is 12.6 Å². The van der Waals surface area contributed by atoms with Gasteiger partial charge in [0.25, 0.3) is 0 Å². The van der Waals surface area contributed by atoms with Crippen molar-refractivity contribution in [2.45, 2.75) is 44.3 Å². The highest BCUT2D eigenvalue weighted by atomic mass is 19.4.